The monoisotopic (exact) mass is 242 g/mol. The van der Waals surface area contributed by atoms with Gasteiger partial charge in [-0.2, -0.15) is 11.8 Å². The Morgan fingerprint density at radius 3 is 3.27 bits per heavy atom. The normalized spacial score (nSPS) is 21.7. The Bertz CT molecular complexity index is 332. The van der Waals surface area contributed by atoms with Crippen molar-refractivity contribution in [2.75, 3.05) is 23.0 Å². The molecule has 0 aliphatic carbocycles. The molecule has 1 aromatic rings. The van der Waals surface area contributed by atoms with Crippen LogP contribution in [-0.4, -0.2) is 29.1 Å². The average molecular weight is 243 g/mol. The van der Waals surface area contributed by atoms with E-state index >= 15 is 0 Å². The maximum atomic E-state index is 5.93. The molecule has 2 nitrogen and oxygen atoms in total. The quantitative estimate of drug-likeness (QED) is 0.742. The lowest BCUT2D eigenvalue weighted by Gasteiger charge is -2.36. The van der Waals surface area contributed by atoms with Crippen molar-refractivity contribution in [1.29, 1.82) is 0 Å². The minimum atomic E-state index is 0.541. The predicted octanol–water partition coefficient (Wildman–Crippen LogP) is 2.76. The highest BCUT2D eigenvalue weighted by atomic mass is 35.5. The maximum absolute atomic E-state index is 5.93. The van der Waals surface area contributed by atoms with Crippen LogP contribution in [0.3, 0.4) is 0 Å². The van der Waals surface area contributed by atoms with Gasteiger partial charge in [-0.25, -0.2) is 0 Å². The summed E-state index contributed by atoms with van der Waals surface area (Å²) in [6.45, 7) is 3.38. The molecule has 1 aromatic heterocycles. The molecule has 15 heavy (non-hydrogen) atoms. The number of hydrogen-bond acceptors (Lipinski definition) is 3. The highest BCUT2D eigenvalue weighted by Gasteiger charge is 2.20. The van der Waals surface area contributed by atoms with Crippen molar-refractivity contribution in [3.8, 4) is 0 Å². The van der Waals surface area contributed by atoms with Gasteiger partial charge in [-0.1, -0.05) is 0 Å². The van der Waals surface area contributed by atoms with Crippen molar-refractivity contribution in [3.63, 3.8) is 0 Å². The summed E-state index contributed by atoms with van der Waals surface area (Å²) in [6, 6.07) is 2.66. The highest BCUT2D eigenvalue weighted by molar-refractivity contribution is 7.99. The number of rotatable bonds is 2. The van der Waals surface area contributed by atoms with Crippen molar-refractivity contribution in [1.82, 2.24) is 4.98 Å². The van der Waals surface area contributed by atoms with Crippen LogP contribution < -0.4 is 4.90 Å². The number of thioether (sulfide) groups is 1. The molecule has 2 rings (SSSR count). The summed E-state index contributed by atoms with van der Waals surface area (Å²) in [5.74, 6) is 2.94. The van der Waals surface area contributed by atoms with Crippen molar-refractivity contribution in [2.45, 2.75) is 18.8 Å². The molecule has 0 N–H and O–H groups in total. The van der Waals surface area contributed by atoms with Crippen LogP contribution in [0.5, 0.6) is 0 Å². The molecule has 1 atom stereocenters. The van der Waals surface area contributed by atoms with Gasteiger partial charge >= 0.3 is 0 Å². The van der Waals surface area contributed by atoms with Crippen molar-refractivity contribution < 1.29 is 0 Å². The summed E-state index contributed by atoms with van der Waals surface area (Å²) < 4.78 is 0. The van der Waals surface area contributed by atoms with Crippen LogP contribution in [0.1, 0.15) is 12.5 Å². The van der Waals surface area contributed by atoms with Crippen molar-refractivity contribution >= 4 is 29.1 Å². The van der Waals surface area contributed by atoms with E-state index in [9.17, 15) is 0 Å². The SMILES string of the molecule is CC1CSCCN1c1ccncc1CCl. The molecule has 1 unspecified atom stereocenters. The Kier molecular flexibility index (Phi) is 3.76. The Balaban J connectivity index is 2.26. The number of hydrogen-bond donors (Lipinski definition) is 0. The molecule has 0 bridgehead atoms. The van der Waals surface area contributed by atoms with E-state index in [1.165, 1.54) is 17.2 Å². The molecule has 2 heterocycles. The molecule has 1 aliphatic rings. The molecule has 4 heteroatoms. The summed E-state index contributed by atoms with van der Waals surface area (Å²) >= 11 is 7.95. The van der Waals surface area contributed by atoms with E-state index in [0.29, 0.717) is 11.9 Å². The van der Waals surface area contributed by atoms with E-state index < -0.39 is 0 Å². The molecule has 1 saturated heterocycles. The zero-order valence-corrected chi connectivity index (χ0v) is 10.4. The molecular formula is C11H15ClN2S. The van der Waals surface area contributed by atoms with Gasteiger partial charge in [0.05, 0.1) is 5.88 Å². The van der Waals surface area contributed by atoms with Gasteiger partial charge in [0.2, 0.25) is 0 Å². The first-order chi connectivity index (χ1) is 7.33. The minimum Gasteiger partial charge on any atom is -0.367 e. The van der Waals surface area contributed by atoms with Crippen LogP contribution in [0.25, 0.3) is 0 Å². The topological polar surface area (TPSA) is 16.1 Å². The molecule has 0 saturated carbocycles. The Morgan fingerprint density at radius 2 is 2.53 bits per heavy atom. The van der Waals surface area contributed by atoms with E-state index in [4.69, 9.17) is 11.6 Å². The third kappa shape index (κ3) is 2.40. The van der Waals surface area contributed by atoms with Crippen LogP contribution in [-0.2, 0) is 5.88 Å². The fourth-order valence-corrected chi connectivity index (χ4v) is 3.11. The Labute approximate surface area is 100 Å². The van der Waals surface area contributed by atoms with E-state index in [1.54, 1.807) is 0 Å². The number of alkyl halides is 1. The van der Waals surface area contributed by atoms with Gasteiger partial charge in [-0.3, -0.25) is 4.98 Å². The van der Waals surface area contributed by atoms with Gasteiger partial charge in [0.25, 0.3) is 0 Å². The molecule has 1 fully saturated rings. The van der Waals surface area contributed by atoms with Gasteiger partial charge in [0.1, 0.15) is 0 Å². The van der Waals surface area contributed by atoms with Gasteiger partial charge < -0.3 is 4.90 Å². The summed E-state index contributed by atoms with van der Waals surface area (Å²) in [4.78, 5) is 6.56. The smallest absolute Gasteiger partial charge is 0.0509 e. The Morgan fingerprint density at radius 1 is 1.67 bits per heavy atom. The molecule has 0 radical (unpaired) electrons. The van der Waals surface area contributed by atoms with Crippen LogP contribution >= 0.6 is 23.4 Å². The zero-order chi connectivity index (χ0) is 10.7. The largest absolute Gasteiger partial charge is 0.367 e. The summed E-state index contributed by atoms with van der Waals surface area (Å²) in [6.07, 6.45) is 3.72. The highest BCUT2D eigenvalue weighted by Crippen LogP contribution is 2.27. The van der Waals surface area contributed by atoms with Crippen molar-refractivity contribution in [3.05, 3.63) is 24.0 Å². The molecule has 0 amide bonds. The first-order valence-corrected chi connectivity index (χ1v) is 6.85. The van der Waals surface area contributed by atoms with Gasteiger partial charge in [-0.15, -0.1) is 11.6 Å². The lowest BCUT2D eigenvalue weighted by atomic mass is 10.2. The summed E-state index contributed by atoms with van der Waals surface area (Å²) in [5, 5.41) is 0. The van der Waals surface area contributed by atoms with Gasteiger partial charge in [-0.05, 0) is 13.0 Å². The molecule has 0 aromatic carbocycles. The third-order valence-corrected chi connectivity index (χ3v) is 4.18. The van der Waals surface area contributed by atoms with Crippen LogP contribution in [0.4, 0.5) is 5.69 Å². The van der Waals surface area contributed by atoms with Crippen molar-refractivity contribution in [2.24, 2.45) is 0 Å². The van der Waals surface area contributed by atoms with E-state index in [-0.39, 0.29) is 0 Å². The van der Waals surface area contributed by atoms with Gasteiger partial charge in [0, 0.05) is 47.7 Å². The second kappa shape index (κ2) is 5.08. The molecule has 1 aliphatic heterocycles. The third-order valence-electron chi connectivity index (χ3n) is 2.70. The lowest BCUT2D eigenvalue weighted by Crippen LogP contribution is -2.40. The number of nitrogens with zero attached hydrogens (tertiary/aromatic N) is 2. The lowest BCUT2D eigenvalue weighted by molar-refractivity contribution is 0.697. The van der Waals surface area contributed by atoms with E-state index in [0.717, 1.165) is 12.1 Å². The number of halogens is 1. The van der Waals surface area contributed by atoms with E-state index in [1.807, 2.05) is 24.2 Å². The fraction of sp³-hybridized carbons (Fsp3) is 0.545. The first-order valence-electron chi connectivity index (χ1n) is 5.16. The molecule has 0 spiro atoms. The minimum absolute atomic E-state index is 0.541. The summed E-state index contributed by atoms with van der Waals surface area (Å²) in [7, 11) is 0. The second-order valence-corrected chi connectivity index (χ2v) is 5.17. The fourth-order valence-electron chi connectivity index (χ4n) is 1.89. The molecule has 82 valence electrons. The van der Waals surface area contributed by atoms with Gasteiger partial charge in [0.15, 0.2) is 0 Å². The number of aromatic nitrogens is 1. The summed E-state index contributed by atoms with van der Waals surface area (Å²) in [5.41, 5.74) is 2.39. The number of pyridine rings is 1. The average Bonchev–Trinajstić information content (AvgIpc) is 2.30. The van der Waals surface area contributed by atoms with E-state index in [2.05, 4.69) is 22.9 Å². The van der Waals surface area contributed by atoms with Crippen LogP contribution in [0.2, 0.25) is 0 Å². The second-order valence-electron chi connectivity index (χ2n) is 3.76. The molecular weight excluding hydrogens is 228 g/mol. The standard InChI is InChI=1S/C11H15ClN2S/c1-9-8-15-5-4-14(9)11-2-3-13-7-10(11)6-12/h2-3,7,9H,4-6,8H2,1H3. The first kappa shape index (κ1) is 11.1. The Hall–Kier alpha value is -0.410. The predicted molar refractivity (Wildman–Crippen MR) is 67.9 cm³/mol. The number of anilines is 1. The van der Waals surface area contributed by atoms with Crippen LogP contribution in [0, 0.1) is 0 Å². The van der Waals surface area contributed by atoms with Crippen LogP contribution in [0.15, 0.2) is 18.5 Å². The zero-order valence-electron chi connectivity index (χ0n) is 8.82. The maximum Gasteiger partial charge on any atom is 0.0509 e.